The van der Waals surface area contributed by atoms with E-state index in [1.165, 1.54) is 4.90 Å². The number of anilines is 2. The van der Waals surface area contributed by atoms with E-state index >= 15 is 0 Å². The van der Waals surface area contributed by atoms with Crippen molar-refractivity contribution in [2.24, 2.45) is 5.92 Å². The van der Waals surface area contributed by atoms with Gasteiger partial charge in [-0.3, -0.25) is 14.3 Å². The van der Waals surface area contributed by atoms with Crippen LogP contribution in [0.5, 0.6) is 0 Å². The summed E-state index contributed by atoms with van der Waals surface area (Å²) in [6, 6.07) is 15.2. The van der Waals surface area contributed by atoms with Crippen LogP contribution >= 0.6 is 0 Å². The van der Waals surface area contributed by atoms with Gasteiger partial charge in [0, 0.05) is 49.9 Å². The van der Waals surface area contributed by atoms with Gasteiger partial charge < -0.3 is 20.0 Å². The molecule has 3 atom stereocenters. The van der Waals surface area contributed by atoms with E-state index in [1.54, 1.807) is 22.7 Å². The number of amides is 2. The Labute approximate surface area is 228 Å². The third kappa shape index (κ3) is 4.99. The first kappa shape index (κ1) is 26.8. The lowest BCUT2D eigenvalue weighted by atomic mass is 9.82. The number of allylic oxidation sites excluding steroid dienone is 1. The van der Waals surface area contributed by atoms with Crippen molar-refractivity contribution in [2.75, 3.05) is 30.0 Å². The average Bonchev–Trinajstić information content (AvgIpc) is 3.50. The highest BCUT2D eigenvalue weighted by atomic mass is 16.3. The minimum Gasteiger partial charge on any atom is -0.395 e. The lowest BCUT2D eigenvalue weighted by molar-refractivity contribution is -0.139. The molecule has 1 saturated heterocycles. The molecule has 0 bridgehead atoms. The number of carbonyl (C=O) groups excluding carboxylic acids is 2. The van der Waals surface area contributed by atoms with Gasteiger partial charge in [-0.15, -0.1) is 5.10 Å². The number of fused-ring (bicyclic) bond motifs is 1. The van der Waals surface area contributed by atoms with Gasteiger partial charge in [-0.05, 0) is 43.0 Å². The SMILES string of the molecule is C[C@@H](/C=C/CCn1cc(C(CO)c2ccccc2)nn1)[C@]1(O)C(=O)N(C)c2ccc(N3CCCCC3=O)cc21. The first-order valence-electron chi connectivity index (χ1n) is 13.5. The second-order valence-electron chi connectivity index (χ2n) is 10.4. The second-order valence-corrected chi connectivity index (χ2v) is 10.4. The normalized spacial score (nSPS) is 21.0. The zero-order valence-electron chi connectivity index (χ0n) is 22.4. The zero-order valence-corrected chi connectivity index (χ0v) is 22.4. The van der Waals surface area contributed by atoms with E-state index in [1.807, 2.05) is 67.7 Å². The van der Waals surface area contributed by atoms with Crippen LogP contribution in [-0.2, 0) is 21.7 Å². The summed E-state index contributed by atoms with van der Waals surface area (Å²) < 4.78 is 1.73. The number of nitrogens with zero attached hydrogens (tertiary/aromatic N) is 5. The molecule has 0 saturated carbocycles. The maximum Gasteiger partial charge on any atom is 0.264 e. The summed E-state index contributed by atoms with van der Waals surface area (Å²) in [6.45, 7) is 2.97. The number of aromatic nitrogens is 3. The standard InChI is InChI=1S/C30H35N5O4/c1-21(10-6-8-16-34-19-26(31-32-34)24(20-36)22-11-4-3-5-12-22)30(39)25-18-23(35-17-9-7-13-28(35)37)14-15-27(25)33(2)29(30)38/h3-6,10-12,14-15,18-19,21,24,36,39H,7-9,13,16-17,20H2,1-2H3/b10-6+/t21-,24?,30+/m0/s1. The fourth-order valence-electron chi connectivity index (χ4n) is 5.57. The van der Waals surface area contributed by atoms with Crippen molar-refractivity contribution in [3.63, 3.8) is 0 Å². The Bertz CT molecular complexity index is 1370. The Hall–Kier alpha value is -3.82. The molecule has 2 amide bonds. The highest BCUT2D eigenvalue weighted by Gasteiger charge is 2.51. The van der Waals surface area contributed by atoms with Crippen molar-refractivity contribution in [3.05, 3.63) is 83.7 Å². The van der Waals surface area contributed by atoms with Crippen LogP contribution in [0, 0.1) is 5.92 Å². The van der Waals surface area contributed by atoms with Crippen LogP contribution in [0.3, 0.4) is 0 Å². The molecular formula is C30H35N5O4. The van der Waals surface area contributed by atoms with Crippen molar-refractivity contribution in [1.82, 2.24) is 15.0 Å². The molecule has 204 valence electrons. The number of aliphatic hydroxyl groups is 2. The summed E-state index contributed by atoms with van der Waals surface area (Å²) in [5.74, 6) is -1.04. The Kier molecular flexibility index (Phi) is 7.63. The van der Waals surface area contributed by atoms with Gasteiger partial charge in [0.1, 0.15) is 0 Å². The van der Waals surface area contributed by atoms with Crippen LogP contribution in [-0.4, -0.2) is 57.2 Å². The second kappa shape index (κ2) is 11.1. The minimum atomic E-state index is -1.72. The molecule has 3 aromatic rings. The molecule has 1 aromatic heterocycles. The molecule has 9 heteroatoms. The number of aryl methyl sites for hydroxylation is 1. The van der Waals surface area contributed by atoms with E-state index in [4.69, 9.17) is 0 Å². The highest BCUT2D eigenvalue weighted by Crippen LogP contribution is 2.46. The lowest BCUT2D eigenvalue weighted by Gasteiger charge is -2.29. The molecule has 9 nitrogen and oxygen atoms in total. The third-order valence-corrected chi connectivity index (χ3v) is 7.92. The largest absolute Gasteiger partial charge is 0.395 e. The van der Waals surface area contributed by atoms with Gasteiger partial charge in [-0.25, -0.2) is 0 Å². The molecule has 1 unspecified atom stereocenters. The van der Waals surface area contributed by atoms with E-state index in [0.717, 1.165) is 24.1 Å². The number of benzene rings is 2. The van der Waals surface area contributed by atoms with E-state index in [2.05, 4.69) is 10.3 Å². The summed E-state index contributed by atoms with van der Waals surface area (Å²) in [5, 5.41) is 30.1. The smallest absolute Gasteiger partial charge is 0.264 e. The van der Waals surface area contributed by atoms with Gasteiger partial charge in [0.2, 0.25) is 5.91 Å². The van der Waals surface area contributed by atoms with E-state index < -0.39 is 11.5 Å². The Balaban J connectivity index is 1.28. The Morgan fingerprint density at radius 3 is 2.67 bits per heavy atom. The molecule has 2 aromatic carbocycles. The molecule has 0 spiro atoms. The number of aliphatic hydroxyl groups excluding tert-OH is 1. The number of likely N-dealkylation sites (N-methyl/N-ethyl adjacent to an activating group) is 1. The number of hydrogen-bond acceptors (Lipinski definition) is 6. The van der Waals surface area contributed by atoms with Crippen molar-refractivity contribution in [3.8, 4) is 0 Å². The predicted octanol–water partition coefficient (Wildman–Crippen LogP) is 3.37. The third-order valence-electron chi connectivity index (χ3n) is 7.92. The topological polar surface area (TPSA) is 112 Å². The molecule has 0 aliphatic carbocycles. The van der Waals surface area contributed by atoms with Crippen LogP contribution in [0.25, 0.3) is 0 Å². The fraction of sp³-hybridized carbons (Fsp3) is 0.400. The number of carbonyl (C=O) groups is 2. The van der Waals surface area contributed by atoms with E-state index in [0.29, 0.717) is 42.9 Å². The summed E-state index contributed by atoms with van der Waals surface area (Å²) in [5.41, 5.74) is 1.86. The summed E-state index contributed by atoms with van der Waals surface area (Å²) in [4.78, 5) is 29.0. The summed E-state index contributed by atoms with van der Waals surface area (Å²) >= 11 is 0. The van der Waals surface area contributed by atoms with Crippen LogP contribution in [0.1, 0.15) is 55.3 Å². The molecular weight excluding hydrogens is 494 g/mol. The molecule has 2 aliphatic heterocycles. The molecule has 39 heavy (non-hydrogen) atoms. The maximum atomic E-state index is 13.3. The van der Waals surface area contributed by atoms with Crippen molar-refractivity contribution < 1.29 is 19.8 Å². The number of hydrogen-bond donors (Lipinski definition) is 2. The quantitative estimate of drug-likeness (QED) is 0.411. The van der Waals surface area contributed by atoms with Gasteiger partial charge in [0.05, 0.1) is 23.9 Å². The van der Waals surface area contributed by atoms with Gasteiger partial charge in [-0.2, -0.15) is 0 Å². The Morgan fingerprint density at radius 2 is 1.92 bits per heavy atom. The van der Waals surface area contributed by atoms with Crippen molar-refractivity contribution >= 4 is 23.2 Å². The van der Waals surface area contributed by atoms with Gasteiger partial charge in [0.25, 0.3) is 5.91 Å². The average molecular weight is 530 g/mol. The lowest BCUT2D eigenvalue weighted by Crippen LogP contribution is -2.43. The van der Waals surface area contributed by atoms with Crippen LogP contribution < -0.4 is 9.80 Å². The van der Waals surface area contributed by atoms with Gasteiger partial charge in [-0.1, -0.05) is 54.6 Å². The highest BCUT2D eigenvalue weighted by molar-refractivity contribution is 6.07. The zero-order chi connectivity index (χ0) is 27.6. The van der Waals surface area contributed by atoms with E-state index in [-0.39, 0.29) is 24.3 Å². The molecule has 5 rings (SSSR count). The van der Waals surface area contributed by atoms with Crippen LogP contribution in [0.2, 0.25) is 0 Å². The fourth-order valence-corrected chi connectivity index (χ4v) is 5.57. The van der Waals surface area contributed by atoms with Gasteiger partial charge >= 0.3 is 0 Å². The van der Waals surface area contributed by atoms with Crippen molar-refractivity contribution in [1.29, 1.82) is 0 Å². The van der Waals surface area contributed by atoms with Crippen LogP contribution in [0.4, 0.5) is 11.4 Å². The Morgan fingerprint density at radius 1 is 1.13 bits per heavy atom. The van der Waals surface area contributed by atoms with E-state index in [9.17, 15) is 19.8 Å². The molecule has 2 aliphatic rings. The number of piperidine rings is 1. The predicted molar refractivity (Wildman–Crippen MR) is 148 cm³/mol. The maximum absolute atomic E-state index is 13.3. The summed E-state index contributed by atoms with van der Waals surface area (Å²) in [7, 11) is 1.67. The summed E-state index contributed by atoms with van der Waals surface area (Å²) in [6.07, 6.45) is 8.60. The molecule has 3 heterocycles. The van der Waals surface area contributed by atoms with Crippen LogP contribution in [0.15, 0.2) is 66.9 Å². The molecule has 0 radical (unpaired) electrons. The molecule has 1 fully saturated rings. The van der Waals surface area contributed by atoms with Crippen molar-refractivity contribution in [2.45, 2.75) is 50.7 Å². The number of rotatable bonds is 9. The van der Waals surface area contributed by atoms with Gasteiger partial charge in [0.15, 0.2) is 5.60 Å². The minimum absolute atomic E-state index is 0.0592. The first-order valence-corrected chi connectivity index (χ1v) is 13.5. The monoisotopic (exact) mass is 529 g/mol. The first-order chi connectivity index (χ1) is 18.8. The molecule has 2 N–H and O–H groups in total.